The zero-order valence-corrected chi connectivity index (χ0v) is 12.3. The molecule has 1 aromatic heterocycles. The molecule has 2 nitrogen and oxygen atoms in total. The first-order chi connectivity index (χ1) is 8.76. The summed E-state index contributed by atoms with van der Waals surface area (Å²) in [5, 5.41) is 2.16. The van der Waals surface area contributed by atoms with Crippen molar-refractivity contribution in [3.8, 4) is 0 Å². The van der Waals surface area contributed by atoms with Crippen molar-refractivity contribution in [1.82, 2.24) is 4.90 Å². The van der Waals surface area contributed by atoms with E-state index in [0.717, 1.165) is 45.2 Å². The van der Waals surface area contributed by atoms with Gasteiger partial charge in [-0.2, -0.15) is 0 Å². The van der Waals surface area contributed by atoms with Crippen LogP contribution in [0, 0.1) is 5.92 Å². The molecule has 1 heterocycles. The van der Waals surface area contributed by atoms with Crippen molar-refractivity contribution in [2.24, 2.45) is 5.92 Å². The van der Waals surface area contributed by atoms with E-state index in [1.165, 1.54) is 10.4 Å². The highest BCUT2D eigenvalue weighted by Gasteiger charge is 2.28. The van der Waals surface area contributed by atoms with E-state index < -0.39 is 0 Å². The second-order valence-corrected chi connectivity index (χ2v) is 6.13. The lowest BCUT2D eigenvalue weighted by Gasteiger charge is -2.29. The van der Waals surface area contributed by atoms with Crippen LogP contribution in [-0.4, -0.2) is 23.9 Å². The Morgan fingerprint density at radius 1 is 1.39 bits per heavy atom. The maximum Gasteiger partial charge on any atom is 0.226 e. The molecule has 2 rings (SSSR count). The molecule has 0 spiro atoms. The van der Waals surface area contributed by atoms with Crippen LogP contribution in [0.5, 0.6) is 0 Å². The average molecular weight is 265 g/mol. The van der Waals surface area contributed by atoms with Crippen LogP contribution in [0.3, 0.4) is 0 Å². The second kappa shape index (κ2) is 6.37. The number of carbonyl (C=O) groups is 1. The molecule has 1 atom stereocenters. The van der Waals surface area contributed by atoms with Gasteiger partial charge >= 0.3 is 0 Å². The highest BCUT2D eigenvalue weighted by Crippen LogP contribution is 2.30. The van der Waals surface area contributed by atoms with Crippen molar-refractivity contribution in [2.45, 2.75) is 46.0 Å². The van der Waals surface area contributed by atoms with Gasteiger partial charge in [0.2, 0.25) is 5.91 Å². The summed E-state index contributed by atoms with van der Waals surface area (Å²) in [5.74, 6) is 0.612. The van der Waals surface area contributed by atoms with Gasteiger partial charge in [-0.25, -0.2) is 0 Å². The summed E-state index contributed by atoms with van der Waals surface area (Å²) in [6, 6.07) is 2.20. The van der Waals surface area contributed by atoms with Gasteiger partial charge in [-0.1, -0.05) is 13.8 Å². The predicted molar refractivity (Wildman–Crippen MR) is 77.0 cm³/mol. The Morgan fingerprint density at radius 2 is 2.11 bits per heavy atom. The Bertz CT molecular complexity index is 393. The van der Waals surface area contributed by atoms with Gasteiger partial charge in [0, 0.05) is 23.9 Å². The molecule has 0 saturated carbocycles. The number of carbonyl (C=O) groups excluding carboxylic acids is 1. The molecule has 1 aliphatic carbocycles. The van der Waals surface area contributed by atoms with Gasteiger partial charge in [0.15, 0.2) is 0 Å². The van der Waals surface area contributed by atoms with Crippen LogP contribution in [0.4, 0.5) is 0 Å². The van der Waals surface area contributed by atoms with Gasteiger partial charge in [-0.05, 0) is 49.1 Å². The molecule has 0 fully saturated rings. The second-order valence-electron chi connectivity index (χ2n) is 5.13. The molecular weight excluding hydrogens is 242 g/mol. The number of thiophene rings is 1. The molecule has 0 aromatic carbocycles. The van der Waals surface area contributed by atoms with E-state index in [0.29, 0.717) is 5.91 Å². The highest BCUT2D eigenvalue weighted by atomic mass is 32.1. The Morgan fingerprint density at radius 3 is 2.78 bits per heavy atom. The van der Waals surface area contributed by atoms with Crippen LogP contribution >= 0.6 is 11.3 Å². The molecule has 1 aromatic rings. The van der Waals surface area contributed by atoms with Crippen molar-refractivity contribution in [3.63, 3.8) is 0 Å². The number of amides is 1. The van der Waals surface area contributed by atoms with Crippen LogP contribution in [0.1, 0.15) is 43.6 Å². The van der Waals surface area contributed by atoms with Crippen LogP contribution < -0.4 is 0 Å². The average Bonchev–Trinajstić information content (AvgIpc) is 2.84. The van der Waals surface area contributed by atoms with Crippen LogP contribution in [0.25, 0.3) is 0 Å². The normalized spacial score (nSPS) is 18.4. The lowest BCUT2D eigenvalue weighted by Crippen LogP contribution is -2.39. The molecule has 0 unspecified atom stereocenters. The quantitative estimate of drug-likeness (QED) is 0.798. The summed E-state index contributed by atoms with van der Waals surface area (Å²) >= 11 is 1.84. The highest BCUT2D eigenvalue weighted by molar-refractivity contribution is 7.10. The molecule has 0 N–H and O–H groups in total. The Hall–Kier alpha value is -0.830. The number of rotatable bonds is 5. The van der Waals surface area contributed by atoms with Crippen molar-refractivity contribution in [1.29, 1.82) is 0 Å². The van der Waals surface area contributed by atoms with Crippen LogP contribution in [0.2, 0.25) is 0 Å². The summed E-state index contributed by atoms with van der Waals surface area (Å²) in [5.41, 5.74) is 1.41. The molecule has 0 aliphatic heterocycles. The van der Waals surface area contributed by atoms with Gasteiger partial charge in [0.1, 0.15) is 0 Å². The number of aryl methyl sites for hydroxylation is 1. The largest absolute Gasteiger partial charge is 0.342 e. The van der Waals surface area contributed by atoms with Gasteiger partial charge in [-0.3, -0.25) is 4.79 Å². The standard InChI is InChI=1S/C15H23NOS/c1-3-8-16(9-4-2)15(17)13-5-6-14-12(11-13)7-10-18-14/h7,10,13H,3-6,8-9,11H2,1-2H3/t13-/m0/s1. The number of fused-ring (bicyclic) bond motifs is 1. The third-order valence-corrected chi connectivity index (χ3v) is 4.69. The predicted octanol–water partition coefficient (Wildman–Crippen LogP) is 3.50. The minimum Gasteiger partial charge on any atom is -0.342 e. The zero-order valence-electron chi connectivity index (χ0n) is 11.4. The van der Waals surface area contributed by atoms with Gasteiger partial charge in [0.25, 0.3) is 0 Å². The third kappa shape index (κ3) is 2.94. The lowest BCUT2D eigenvalue weighted by atomic mass is 9.87. The third-order valence-electron chi connectivity index (χ3n) is 3.67. The van der Waals surface area contributed by atoms with E-state index in [-0.39, 0.29) is 5.92 Å². The lowest BCUT2D eigenvalue weighted by molar-refractivity contribution is -0.136. The van der Waals surface area contributed by atoms with Crippen molar-refractivity contribution < 1.29 is 4.79 Å². The van der Waals surface area contributed by atoms with E-state index in [9.17, 15) is 4.79 Å². The van der Waals surface area contributed by atoms with Gasteiger partial charge < -0.3 is 4.90 Å². The van der Waals surface area contributed by atoms with E-state index >= 15 is 0 Å². The molecule has 18 heavy (non-hydrogen) atoms. The molecule has 3 heteroatoms. The Balaban J connectivity index is 2.01. The maximum absolute atomic E-state index is 12.5. The fourth-order valence-corrected chi connectivity index (χ4v) is 3.72. The summed E-state index contributed by atoms with van der Waals surface area (Å²) < 4.78 is 0. The molecular formula is C15H23NOS. The number of hydrogen-bond donors (Lipinski definition) is 0. The fourth-order valence-electron chi connectivity index (χ4n) is 2.78. The van der Waals surface area contributed by atoms with E-state index in [1.54, 1.807) is 0 Å². The zero-order chi connectivity index (χ0) is 13.0. The Labute approximate surface area is 114 Å². The minimum absolute atomic E-state index is 0.227. The van der Waals surface area contributed by atoms with E-state index in [2.05, 4.69) is 30.2 Å². The van der Waals surface area contributed by atoms with Gasteiger partial charge in [0.05, 0.1) is 0 Å². The first-order valence-electron chi connectivity index (χ1n) is 7.10. The SMILES string of the molecule is CCCN(CCC)C(=O)[C@H]1CCc2sccc2C1. The van der Waals surface area contributed by atoms with Crippen LogP contribution in [-0.2, 0) is 17.6 Å². The van der Waals surface area contributed by atoms with Crippen molar-refractivity contribution >= 4 is 17.2 Å². The van der Waals surface area contributed by atoms with Gasteiger partial charge in [-0.15, -0.1) is 11.3 Å². The number of hydrogen-bond acceptors (Lipinski definition) is 2. The Kier molecular flexibility index (Phi) is 4.81. The molecule has 100 valence electrons. The minimum atomic E-state index is 0.227. The van der Waals surface area contributed by atoms with E-state index in [1.807, 2.05) is 11.3 Å². The summed E-state index contributed by atoms with van der Waals surface area (Å²) in [6.07, 6.45) is 5.21. The molecule has 0 bridgehead atoms. The van der Waals surface area contributed by atoms with Crippen LogP contribution in [0.15, 0.2) is 11.4 Å². The number of nitrogens with zero attached hydrogens (tertiary/aromatic N) is 1. The summed E-state index contributed by atoms with van der Waals surface area (Å²) in [6.45, 7) is 6.13. The smallest absolute Gasteiger partial charge is 0.226 e. The molecule has 0 saturated heterocycles. The van der Waals surface area contributed by atoms with Crippen molar-refractivity contribution in [3.05, 3.63) is 21.9 Å². The summed E-state index contributed by atoms with van der Waals surface area (Å²) in [7, 11) is 0. The maximum atomic E-state index is 12.5. The monoisotopic (exact) mass is 265 g/mol. The fraction of sp³-hybridized carbons (Fsp3) is 0.667. The molecule has 0 radical (unpaired) electrons. The molecule has 1 amide bonds. The van der Waals surface area contributed by atoms with E-state index in [4.69, 9.17) is 0 Å². The molecule has 1 aliphatic rings. The topological polar surface area (TPSA) is 20.3 Å². The summed E-state index contributed by atoms with van der Waals surface area (Å²) in [4.78, 5) is 16.1. The first kappa shape index (κ1) is 13.6. The first-order valence-corrected chi connectivity index (χ1v) is 7.98. The van der Waals surface area contributed by atoms with Crippen molar-refractivity contribution in [2.75, 3.05) is 13.1 Å².